The highest BCUT2D eigenvalue weighted by molar-refractivity contribution is 5.19. The molecule has 2 unspecified atom stereocenters. The molecule has 4 heteroatoms. The second kappa shape index (κ2) is 7.68. The van der Waals surface area contributed by atoms with Gasteiger partial charge >= 0.3 is 0 Å². The quantitative estimate of drug-likeness (QED) is 0.581. The summed E-state index contributed by atoms with van der Waals surface area (Å²) in [6, 6.07) is 0. The summed E-state index contributed by atoms with van der Waals surface area (Å²) >= 11 is 0. The van der Waals surface area contributed by atoms with E-state index in [-0.39, 0.29) is 0 Å². The molecule has 4 nitrogen and oxygen atoms in total. The lowest BCUT2D eigenvalue weighted by Crippen LogP contribution is -2.46. The zero-order valence-corrected chi connectivity index (χ0v) is 21.9. The first-order valence-electron chi connectivity index (χ1n) is 15.6. The van der Waals surface area contributed by atoms with Crippen molar-refractivity contribution in [2.75, 3.05) is 52.4 Å². The summed E-state index contributed by atoms with van der Waals surface area (Å²) in [5.41, 5.74) is 2.43. The summed E-state index contributed by atoms with van der Waals surface area (Å²) in [7, 11) is 0. The van der Waals surface area contributed by atoms with Gasteiger partial charge in [-0.05, 0) is 154 Å². The topological polar surface area (TPSA) is 13.0 Å². The summed E-state index contributed by atoms with van der Waals surface area (Å²) in [6.45, 7) is 11.3. The van der Waals surface area contributed by atoms with Crippen molar-refractivity contribution in [1.82, 2.24) is 19.6 Å². The fourth-order valence-corrected chi connectivity index (χ4v) is 11.6. The van der Waals surface area contributed by atoms with Crippen molar-refractivity contribution in [3.8, 4) is 0 Å². The van der Waals surface area contributed by atoms with E-state index in [1.54, 1.807) is 0 Å². The predicted octanol–water partition coefficient (Wildman–Crippen LogP) is 4.73. The van der Waals surface area contributed by atoms with E-state index in [1.165, 1.54) is 155 Å². The molecule has 4 saturated heterocycles. The molecule has 0 radical (unpaired) electrons. The van der Waals surface area contributed by atoms with Crippen LogP contribution in [-0.4, -0.2) is 94.1 Å². The summed E-state index contributed by atoms with van der Waals surface area (Å²) in [6.07, 6.45) is 23.9. The van der Waals surface area contributed by atoms with Gasteiger partial charge in [-0.2, -0.15) is 0 Å². The van der Waals surface area contributed by atoms with Gasteiger partial charge in [0.25, 0.3) is 0 Å². The molecule has 4 heterocycles. The Morgan fingerprint density at radius 2 is 0.706 bits per heavy atom. The van der Waals surface area contributed by atoms with Gasteiger partial charge in [0, 0.05) is 35.2 Å². The Labute approximate surface area is 208 Å². The summed E-state index contributed by atoms with van der Waals surface area (Å²) < 4.78 is 0. The fraction of sp³-hybridized carbons (Fsp3) is 1.00. The van der Waals surface area contributed by atoms with Crippen LogP contribution in [0.5, 0.6) is 0 Å². The van der Waals surface area contributed by atoms with E-state index in [0.29, 0.717) is 22.2 Å². The van der Waals surface area contributed by atoms with E-state index in [4.69, 9.17) is 0 Å². The van der Waals surface area contributed by atoms with Crippen LogP contribution >= 0.6 is 0 Å². The SMILES string of the molecule is C1CCN(C23CCC(N4CCC(C5CCN(C67CCC(N8CCCC8)(CC6)C7)C5)C4)(CC2)C3)C1. The van der Waals surface area contributed by atoms with Crippen LogP contribution in [-0.2, 0) is 0 Å². The molecule has 0 spiro atoms. The van der Waals surface area contributed by atoms with E-state index in [2.05, 4.69) is 19.6 Å². The van der Waals surface area contributed by atoms with E-state index >= 15 is 0 Å². The van der Waals surface area contributed by atoms with Gasteiger partial charge in [-0.15, -0.1) is 0 Å². The normalized spacial score (nSPS) is 52.2. The molecule has 8 fully saturated rings. The van der Waals surface area contributed by atoms with Crippen molar-refractivity contribution in [1.29, 1.82) is 0 Å². The average Bonchev–Trinajstić information content (AvgIpc) is 3.72. The fourth-order valence-electron chi connectivity index (χ4n) is 11.6. The van der Waals surface area contributed by atoms with E-state index in [0.717, 1.165) is 11.8 Å². The third-order valence-electron chi connectivity index (χ3n) is 13.6. The average molecular weight is 467 g/mol. The molecule has 4 saturated carbocycles. The highest BCUT2D eigenvalue weighted by Crippen LogP contribution is 2.60. The summed E-state index contributed by atoms with van der Waals surface area (Å²) in [5, 5.41) is 0. The van der Waals surface area contributed by atoms with Crippen LogP contribution in [0.25, 0.3) is 0 Å². The zero-order valence-electron chi connectivity index (χ0n) is 21.9. The van der Waals surface area contributed by atoms with Gasteiger partial charge in [0.2, 0.25) is 0 Å². The standard InChI is InChI=1S/C30H50N4/c1-2-16-31(15-1)27-7-11-29(23-27,12-8-27)33-19-5-25(21-33)26-6-20-34(22-26)30-13-9-28(24-30,10-14-30)32-17-3-4-18-32/h25-26H,1-24H2. The van der Waals surface area contributed by atoms with Crippen molar-refractivity contribution in [2.24, 2.45) is 11.8 Å². The molecule has 190 valence electrons. The Hall–Kier alpha value is -0.160. The smallest absolute Gasteiger partial charge is 0.0228 e. The Balaban J connectivity index is 0.909. The largest absolute Gasteiger partial charge is 0.298 e. The van der Waals surface area contributed by atoms with Crippen molar-refractivity contribution in [3.05, 3.63) is 0 Å². The molecule has 0 amide bonds. The number of rotatable bonds is 5. The van der Waals surface area contributed by atoms with Crippen molar-refractivity contribution < 1.29 is 0 Å². The minimum Gasteiger partial charge on any atom is -0.298 e. The maximum Gasteiger partial charge on any atom is 0.0228 e. The third kappa shape index (κ3) is 3.04. The maximum absolute atomic E-state index is 3.06. The lowest BCUT2D eigenvalue weighted by atomic mass is 9.88. The first-order chi connectivity index (χ1) is 16.6. The number of hydrogen-bond donors (Lipinski definition) is 0. The first kappa shape index (κ1) is 21.9. The van der Waals surface area contributed by atoms with Crippen LogP contribution in [0.4, 0.5) is 0 Å². The van der Waals surface area contributed by atoms with Crippen molar-refractivity contribution in [2.45, 2.75) is 125 Å². The highest BCUT2D eigenvalue weighted by atomic mass is 15.3. The molecule has 4 aliphatic carbocycles. The van der Waals surface area contributed by atoms with Gasteiger partial charge in [-0.25, -0.2) is 0 Å². The van der Waals surface area contributed by atoms with Crippen molar-refractivity contribution >= 4 is 0 Å². The van der Waals surface area contributed by atoms with Gasteiger partial charge in [0.1, 0.15) is 0 Å². The Morgan fingerprint density at radius 3 is 1.06 bits per heavy atom. The van der Waals surface area contributed by atoms with Gasteiger partial charge < -0.3 is 0 Å². The molecule has 0 aromatic heterocycles. The molecule has 2 atom stereocenters. The van der Waals surface area contributed by atoms with Gasteiger partial charge in [0.15, 0.2) is 0 Å². The monoisotopic (exact) mass is 466 g/mol. The summed E-state index contributed by atoms with van der Waals surface area (Å²) in [4.78, 5) is 12.0. The maximum atomic E-state index is 3.06. The van der Waals surface area contributed by atoms with Gasteiger partial charge in [-0.3, -0.25) is 19.6 Å². The second-order valence-corrected chi connectivity index (χ2v) is 14.6. The van der Waals surface area contributed by atoms with Crippen LogP contribution < -0.4 is 0 Å². The Morgan fingerprint density at radius 1 is 0.382 bits per heavy atom. The molecule has 4 aliphatic heterocycles. The van der Waals surface area contributed by atoms with Crippen LogP contribution in [0.3, 0.4) is 0 Å². The Bertz CT molecular complexity index is 714. The zero-order chi connectivity index (χ0) is 22.4. The van der Waals surface area contributed by atoms with Crippen LogP contribution in [0, 0.1) is 11.8 Å². The van der Waals surface area contributed by atoms with Gasteiger partial charge in [0.05, 0.1) is 0 Å². The number of likely N-dealkylation sites (tertiary alicyclic amines) is 4. The molecule has 34 heavy (non-hydrogen) atoms. The number of hydrogen-bond acceptors (Lipinski definition) is 4. The molecule has 4 bridgehead atoms. The molecule has 8 aliphatic rings. The molecular formula is C30H50N4. The van der Waals surface area contributed by atoms with E-state index < -0.39 is 0 Å². The van der Waals surface area contributed by atoms with Crippen molar-refractivity contribution in [3.63, 3.8) is 0 Å². The minimum absolute atomic E-state index is 0.598. The Kier molecular flexibility index (Phi) is 4.94. The predicted molar refractivity (Wildman–Crippen MR) is 138 cm³/mol. The van der Waals surface area contributed by atoms with E-state index in [1.807, 2.05) is 0 Å². The van der Waals surface area contributed by atoms with Gasteiger partial charge in [-0.1, -0.05) is 0 Å². The van der Waals surface area contributed by atoms with Crippen LogP contribution in [0.2, 0.25) is 0 Å². The first-order valence-corrected chi connectivity index (χ1v) is 15.6. The number of fused-ring (bicyclic) bond motifs is 4. The highest BCUT2D eigenvalue weighted by Gasteiger charge is 2.62. The van der Waals surface area contributed by atoms with Crippen LogP contribution in [0.1, 0.15) is 103 Å². The second-order valence-electron chi connectivity index (χ2n) is 14.6. The molecule has 0 N–H and O–H groups in total. The minimum atomic E-state index is 0.598. The molecule has 0 aromatic rings. The lowest BCUT2D eigenvalue weighted by molar-refractivity contribution is 0.104. The van der Waals surface area contributed by atoms with E-state index in [9.17, 15) is 0 Å². The summed E-state index contributed by atoms with van der Waals surface area (Å²) in [5.74, 6) is 1.98. The van der Waals surface area contributed by atoms with Crippen LogP contribution in [0.15, 0.2) is 0 Å². The lowest BCUT2D eigenvalue weighted by Gasteiger charge is -2.38. The third-order valence-corrected chi connectivity index (χ3v) is 13.6. The molecule has 0 aromatic carbocycles. The number of nitrogens with zero attached hydrogens (tertiary/aromatic N) is 4. The molecule has 8 rings (SSSR count). The molecular weight excluding hydrogens is 416 g/mol.